The van der Waals surface area contributed by atoms with Gasteiger partial charge in [-0.05, 0) is 81.1 Å². The molecule has 4 aliphatic rings. The molecule has 0 bridgehead atoms. The molecule has 228 valence electrons. The van der Waals surface area contributed by atoms with E-state index in [1.807, 2.05) is 36.1 Å². The Morgan fingerprint density at radius 3 is 1.64 bits per heavy atom. The molecular weight excluding hydrogens is 536 g/mol. The zero-order chi connectivity index (χ0) is 29.6. The van der Waals surface area contributed by atoms with Crippen molar-refractivity contribution in [3.63, 3.8) is 0 Å². The lowest BCUT2D eigenvalue weighted by molar-refractivity contribution is -0.166. The van der Waals surface area contributed by atoms with Gasteiger partial charge in [0.05, 0.1) is 25.4 Å². The fourth-order valence-corrected chi connectivity index (χ4v) is 6.21. The van der Waals surface area contributed by atoms with E-state index in [-0.39, 0.29) is 36.2 Å². The summed E-state index contributed by atoms with van der Waals surface area (Å²) in [5.74, 6) is 1.87. The van der Waals surface area contributed by atoms with Gasteiger partial charge in [-0.2, -0.15) is 0 Å². The van der Waals surface area contributed by atoms with Crippen molar-refractivity contribution >= 4 is 23.2 Å². The molecule has 0 aromatic heterocycles. The molecule has 42 heavy (non-hydrogen) atoms. The zero-order valence-electron chi connectivity index (χ0n) is 25.1. The molecule has 0 aliphatic carbocycles. The summed E-state index contributed by atoms with van der Waals surface area (Å²) in [5.41, 5.74) is 2.12. The molecule has 2 amide bonds. The largest absolute Gasteiger partial charge is 0.497 e. The molecule has 4 saturated heterocycles. The predicted octanol–water partition coefficient (Wildman–Crippen LogP) is 3.09. The van der Waals surface area contributed by atoms with Gasteiger partial charge in [0.15, 0.2) is 0 Å². The van der Waals surface area contributed by atoms with Crippen LogP contribution in [0.3, 0.4) is 0 Å². The highest BCUT2D eigenvalue weighted by atomic mass is 16.5. The number of benzene rings is 2. The number of amides is 2. The van der Waals surface area contributed by atoms with E-state index in [0.29, 0.717) is 6.54 Å². The Morgan fingerprint density at radius 2 is 1.21 bits per heavy atom. The number of likely N-dealkylation sites (N-methyl/N-ethyl adjacent to an activating group) is 1. The smallest absolute Gasteiger partial charge is 0.248 e. The van der Waals surface area contributed by atoms with Crippen LogP contribution >= 0.6 is 0 Å². The second-order valence-corrected chi connectivity index (χ2v) is 11.5. The summed E-state index contributed by atoms with van der Waals surface area (Å²) in [6, 6.07) is 16.3. The van der Waals surface area contributed by atoms with Crippen molar-refractivity contribution in [3.05, 3.63) is 48.5 Å². The topological polar surface area (TPSA) is 92.8 Å². The molecule has 0 atom stereocenters. The Balaban J connectivity index is 0.000000169. The van der Waals surface area contributed by atoms with E-state index in [9.17, 15) is 9.59 Å². The van der Waals surface area contributed by atoms with E-state index in [1.54, 1.807) is 14.2 Å². The summed E-state index contributed by atoms with van der Waals surface area (Å²) in [6.07, 6.45) is 3.81. The zero-order valence-corrected chi connectivity index (χ0v) is 25.1. The lowest BCUT2D eigenvalue weighted by Gasteiger charge is -2.47. The van der Waals surface area contributed by atoms with Gasteiger partial charge < -0.3 is 39.0 Å². The van der Waals surface area contributed by atoms with Gasteiger partial charge in [-0.3, -0.25) is 9.59 Å². The predicted molar refractivity (Wildman–Crippen MR) is 162 cm³/mol. The van der Waals surface area contributed by atoms with E-state index >= 15 is 0 Å². The SMILES string of the molecule is CCN1CC2(CCN(c3ccc(OC)cc3)CC2)OCC1=O.COc1ccc(N2CCC3(CC2)CNC(=O)CO3)cc1. The molecule has 0 saturated carbocycles. The van der Waals surface area contributed by atoms with Crippen molar-refractivity contribution in [1.82, 2.24) is 10.2 Å². The number of hydrogen-bond acceptors (Lipinski definition) is 8. The summed E-state index contributed by atoms with van der Waals surface area (Å²) in [7, 11) is 3.36. The standard InChI is InChI=1S/C17H24N2O3.C15H20N2O3/c1-3-18-13-17(22-12-16(18)20)8-10-19(11-9-17)14-4-6-15(21-2)7-5-14;1-19-13-4-2-12(3-5-13)17-8-6-15(7-9-17)11-16-14(18)10-20-15/h4-7H,3,8-13H2,1-2H3;2-5H,6-11H2,1H3,(H,16,18). The van der Waals surface area contributed by atoms with Crippen molar-refractivity contribution in [3.8, 4) is 11.5 Å². The Morgan fingerprint density at radius 1 is 0.738 bits per heavy atom. The van der Waals surface area contributed by atoms with Crippen LogP contribution in [0.5, 0.6) is 11.5 Å². The Kier molecular flexibility index (Phi) is 9.43. The number of methoxy groups -OCH3 is 2. The maximum Gasteiger partial charge on any atom is 0.248 e. The Labute approximate surface area is 248 Å². The van der Waals surface area contributed by atoms with Crippen LogP contribution in [0.25, 0.3) is 0 Å². The van der Waals surface area contributed by atoms with Gasteiger partial charge in [0, 0.05) is 57.2 Å². The van der Waals surface area contributed by atoms with E-state index in [0.717, 1.165) is 76.5 Å². The van der Waals surface area contributed by atoms with E-state index in [2.05, 4.69) is 39.4 Å². The first-order chi connectivity index (χ1) is 20.4. The summed E-state index contributed by atoms with van der Waals surface area (Å²) < 4.78 is 22.1. The summed E-state index contributed by atoms with van der Waals surface area (Å²) >= 11 is 0. The molecule has 1 N–H and O–H groups in total. The minimum absolute atomic E-state index is 0.00629. The van der Waals surface area contributed by atoms with Crippen molar-refractivity contribution in [1.29, 1.82) is 0 Å². The van der Waals surface area contributed by atoms with E-state index in [4.69, 9.17) is 18.9 Å². The van der Waals surface area contributed by atoms with Crippen LogP contribution in [0.4, 0.5) is 11.4 Å². The lowest BCUT2D eigenvalue weighted by atomic mass is 9.89. The first kappa shape index (κ1) is 30.0. The maximum absolute atomic E-state index is 11.8. The molecule has 4 fully saturated rings. The summed E-state index contributed by atoms with van der Waals surface area (Å²) in [4.78, 5) is 29.6. The van der Waals surface area contributed by atoms with Crippen LogP contribution in [0, 0.1) is 0 Å². The quantitative estimate of drug-likeness (QED) is 0.577. The first-order valence-corrected chi connectivity index (χ1v) is 15.0. The third kappa shape index (κ3) is 6.93. The minimum Gasteiger partial charge on any atom is -0.497 e. The maximum atomic E-state index is 11.8. The normalized spacial score (nSPS) is 21.5. The van der Waals surface area contributed by atoms with Crippen molar-refractivity contribution in [2.75, 3.05) is 83.0 Å². The van der Waals surface area contributed by atoms with Crippen LogP contribution in [-0.2, 0) is 19.1 Å². The van der Waals surface area contributed by atoms with Crippen molar-refractivity contribution in [2.45, 2.75) is 43.8 Å². The number of piperidine rings is 2. The molecule has 2 spiro atoms. The van der Waals surface area contributed by atoms with E-state index in [1.165, 1.54) is 11.4 Å². The van der Waals surface area contributed by atoms with Crippen molar-refractivity contribution in [2.24, 2.45) is 0 Å². The van der Waals surface area contributed by atoms with Crippen LogP contribution in [0.1, 0.15) is 32.6 Å². The van der Waals surface area contributed by atoms with Gasteiger partial charge in [0.25, 0.3) is 0 Å². The molecule has 10 nitrogen and oxygen atoms in total. The Bertz CT molecular complexity index is 1180. The highest BCUT2D eigenvalue weighted by molar-refractivity contribution is 5.78. The average molecular weight is 581 g/mol. The summed E-state index contributed by atoms with van der Waals surface area (Å²) in [5, 5.41) is 2.91. The third-order valence-electron chi connectivity index (χ3n) is 9.06. The van der Waals surface area contributed by atoms with E-state index < -0.39 is 0 Å². The van der Waals surface area contributed by atoms with Crippen LogP contribution in [0.15, 0.2) is 48.5 Å². The average Bonchev–Trinajstić information content (AvgIpc) is 3.05. The molecule has 10 heteroatoms. The molecule has 4 aliphatic heterocycles. The second-order valence-electron chi connectivity index (χ2n) is 11.5. The number of rotatable bonds is 5. The highest BCUT2D eigenvalue weighted by Crippen LogP contribution is 2.33. The van der Waals surface area contributed by atoms with Crippen LogP contribution < -0.4 is 24.6 Å². The Hall–Kier alpha value is -3.50. The number of nitrogens with one attached hydrogen (secondary N) is 1. The molecule has 4 heterocycles. The molecule has 0 unspecified atom stereocenters. The number of hydrogen-bond donors (Lipinski definition) is 1. The second kappa shape index (κ2) is 13.2. The number of anilines is 2. The van der Waals surface area contributed by atoms with Crippen molar-refractivity contribution < 1.29 is 28.5 Å². The third-order valence-corrected chi connectivity index (χ3v) is 9.06. The molecule has 6 rings (SSSR count). The molecule has 2 aromatic carbocycles. The number of morpholine rings is 2. The molecular formula is C32H44N4O6. The number of carbonyl (C=O) groups excluding carboxylic acids is 2. The molecule has 0 radical (unpaired) electrons. The number of carbonyl (C=O) groups is 2. The van der Waals surface area contributed by atoms with Crippen LogP contribution in [0.2, 0.25) is 0 Å². The first-order valence-electron chi connectivity index (χ1n) is 15.0. The molecule has 2 aromatic rings. The van der Waals surface area contributed by atoms with Gasteiger partial charge in [0.2, 0.25) is 11.8 Å². The van der Waals surface area contributed by atoms with Crippen LogP contribution in [-0.4, -0.2) is 101 Å². The van der Waals surface area contributed by atoms with Gasteiger partial charge in [-0.1, -0.05) is 0 Å². The lowest BCUT2D eigenvalue weighted by Crippen LogP contribution is -2.58. The van der Waals surface area contributed by atoms with Gasteiger partial charge in [-0.15, -0.1) is 0 Å². The number of nitrogens with zero attached hydrogens (tertiary/aromatic N) is 3. The highest BCUT2D eigenvalue weighted by Gasteiger charge is 2.42. The summed E-state index contributed by atoms with van der Waals surface area (Å²) in [6.45, 7) is 8.41. The monoisotopic (exact) mass is 580 g/mol. The van der Waals surface area contributed by atoms with Gasteiger partial charge in [-0.25, -0.2) is 0 Å². The minimum atomic E-state index is -0.156. The van der Waals surface area contributed by atoms with Gasteiger partial charge >= 0.3 is 0 Å². The number of ether oxygens (including phenoxy) is 4. The fraction of sp³-hybridized carbons (Fsp3) is 0.562. The fourth-order valence-electron chi connectivity index (χ4n) is 6.21. The van der Waals surface area contributed by atoms with Gasteiger partial charge in [0.1, 0.15) is 24.7 Å².